The van der Waals surface area contributed by atoms with Gasteiger partial charge in [-0.25, -0.2) is 9.59 Å². The lowest BCUT2D eigenvalue weighted by Gasteiger charge is -2.29. The number of benzene rings is 1. The van der Waals surface area contributed by atoms with Gasteiger partial charge in [0.1, 0.15) is 6.04 Å². The Morgan fingerprint density at radius 2 is 1.74 bits per heavy atom. The zero-order valence-corrected chi connectivity index (χ0v) is 11.7. The Hall–Kier alpha value is -2.04. The molecule has 0 bridgehead atoms. The highest BCUT2D eigenvalue weighted by atomic mass is 16.4. The number of nitrogens with one attached hydrogen (secondary N) is 1. The number of amides is 2. The lowest BCUT2D eigenvalue weighted by Crippen LogP contribution is -2.52. The molecule has 1 rings (SSSR count). The first kappa shape index (κ1) is 15.0. The summed E-state index contributed by atoms with van der Waals surface area (Å²) in [6.45, 7) is 5.32. The van der Waals surface area contributed by atoms with E-state index in [1.54, 1.807) is 40.0 Å². The fourth-order valence-corrected chi connectivity index (χ4v) is 1.64. The molecule has 0 aliphatic heterocycles. The van der Waals surface area contributed by atoms with Crippen LogP contribution in [0.25, 0.3) is 0 Å². The molecule has 0 aliphatic rings. The smallest absolute Gasteiger partial charge is 0.326 e. The van der Waals surface area contributed by atoms with E-state index >= 15 is 0 Å². The number of carboxylic acids is 1. The molecule has 5 heteroatoms. The molecule has 2 N–H and O–H groups in total. The van der Waals surface area contributed by atoms with E-state index in [0.29, 0.717) is 5.69 Å². The number of nitrogens with zero attached hydrogens (tertiary/aromatic N) is 1. The van der Waals surface area contributed by atoms with E-state index in [2.05, 4.69) is 5.32 Å². The van der Waals surface area contributed by atoms with Crippen molar-refractivity contribution in [3.63, 3.8) is 0 Å². The van der Waals surface area contributed by atoms with Crippen LogP contribution in [-0.4, -0.2) is 30.2 Å². The summed E-state index contributed by atoms with van der Waals surface area (Å²) in [6.07, 6.45) is 0. The molecule has 2 amide bonds. The summed E-state index contributed by atoms with van der Waals surface area (Å²) in [7, 11) is 1.60. The van der Waals surface area contributed by atoms with Gasteiger partial charge in [-0.3, -0.25) is 4.90 Å². The average molecular weight is 264 g/mol. The van der Waals surface area contributed by atoms with Gasteiger partial charge in [-0.1, -0.05) is 39.0 Å². The maximum Gasteiger partial charge on any atom is 0.326 e. The van der Waals surface area contributed by atoms with Crippen LogP contribution >= 0.6 is 0 Å². The van der Waals surface area contributed by atoms with Gasteiger partial charge in [-0.2, -0.15) is 0 Å². The standard InChI is InChI=1S/C14H20N2O3/c1-14(2,3)11(12(17)18)15-13(19)16(4)10-8-6-5-7-9-10/h5-9,11H,1-4H3,(H,15,19)(H,17,18)/t11-/m0/s1. The monoisotopic (exact) mass is 264 g/mol. The SMILES string of the molecule is CN(C(=O)N[C@@H](C(=O)O)C(C)(C)C)c1ccccc1. The third kappa shape index (κ3) is 3.98. The maximum absolute atomic E-state index is 12.1. The van der Waals surface area contributed by atoms with Gasteiger partial charge in [0, 0.05) is 12.7 Å². The zero-order chi connectivity index (χ0) is 14.6. The predicted molar refractivity (Wildman–Crippen MR) is 74.3 cm³/mol. The van der Waals surface area contributed by atoms with Gasteiger partial charge in [-0.15, -0.1) is 0 Å². The van der Waals surface area contributed by atoms with Gasteiger partial charge in [0.25, 0.3) is 0 Å². The summed E-state index contributed by atoms with van der Waals surface area (Å²) in [5.74, 6) is -1.04. The van der Waals surface area contributed by atoms with Gasteiger partial charge in [0.05, 0.1) is 0 Å². The van der Waals surface area contributed by atoms with Crippen LogP contribution < -0.4 is 10.2 Å². The second kappa shape index (κ2) is 5.73. The molecule has 0 saturated carbocycles. The Kier molecular flexibility index (Phi) is 4.53. The average Bonchev–Trinajstić information content (AvgIpc) is 2.34. The van der Waals surface area contributed by atoms with Crippen molar-refractivity contribution in [3.8, 4) is 0 Å². The lowest BCUT2D eigenvalue weighted by molar-refractivity contribution is -0.141. The van der Waals surface area contributed by atoms with E-state index in [1.165, 1.54) is 4.90 Å². The number of hydrogen-bond acceptors (Lipinski definition) is 2. The highest BCUT2D eigenvalue weighted by Crippen LogP contribution is 2.20. The fraction of sp³-hybridized carbons (Fsp3) is 0.429. The first-order chi connectivity index (χ1) is 8.73. The molecule has 0 aliphatic carbocycles. The van der Waals surface area contributed by atoms with E-state index in [1.807, 2.05) is 18.2 Å². The molecule has 1 aromatic rings. The number of carbonyl (C=O) groups is 2. The van der Waals surface area contributed by atoms with Crippen molar-refractivity contribution >= 4 is 17.7 Å². The lowest BCUT2D eigenvalue weighted by atomic mass is 9.87. The zero-order valence-electron chi connectivity index (χ0n) is 11.7. The topological polar surface area (TPSA) is 69.6 Å². The number of carboxylic acid groups (broad SMARTS) is 1. The van der Waals surface area contributed by atoms with Gasteiger partial charge in [-0.05, 0) is 17.5 Å². The van der Waals surface area contributed by atoms with Gasteiger partial charge < -0.3 is 10.4 Å². The molecule has 0 saturated heterocycles. The minimum Gasteiger partial charge on any atom is -0.480 e. The number of para-hydroxylation sites is 1. The fourth-order valence-electron chi connectivity index (χ4n) is 1.64. The summed E-state index contributed by atoms with van der Waals surface area (Å²) < 4.78 is 0. The molecule has 104 valence electrons. The van der Waals surface area contributed by atoms with Crippen molar-refractivity contribution in [3.05, 3.63) is 30.3 Å². The van der Waals surface area contributed by atoms with Crippen LogP contribution in [0.1, 0.15) is 20.8 Å². The molecule has 0 unspecified atom stereocenters. The summed E-state index contributed by atoms with van der Waals surface area (Å²) in [5.41, 5.74) is 0.150. The Labute approximate surface area is 113 Å². The molecule has 0 heterocycles. The minimum atomic E-state index is -1.04. The second-order valence-corrected chi connectivity index (χ2v) is 5.48. The van der Waals surface area contributed by atoms with E-state index in [-0.39, 0.29) is 0 Å². The normalized spacial score (nSPS) is 12.6. The number of urea groups is 1. The van der Waals surface area contributed by atoms with Crippen molar-refractivity contribution in [2.75, 3.05) is 11.9 Å². The molecular formula is C14H20N2O3. The van der Waals surface area contributed by atoms with E-state index in [4.69, 9.17) is 0 Å². The molecule has 19 heavy (non-hydrogen) atoms. The third-order valence-electron chi connectivity index (χ3n) is 2.83. The predicted octanol–water partition coefficient (Wildman–Crippen LogP) is 2.33. The van der Waals surface area contributed by atoms with E-state index in [0.717, 1.165) is 0 Å². The van der Waals surface area contributed by atoms with E-state index < -0.39 is 23.5 Å². The summed E-state index contributed by atoms with van der Waals surface area (Å²) >= 11 is 0. The molecule has 0 spiro atoms. The molecule has 5 nitrogen and oxygen atoms in total. The Morgan fingerprint density at radius 3 is 2.16 bits per heavy atom. The second-order valence-electron chi connectivity index (χ2n) is 5.48. The van der Waals surface area contributed by atoms with Gasteiger partial charge in [0.2, 0.25) is 0 Å². The Bertz CT molecular complexity index is 452. The molecule has 0 radical (unpaired) electrons. The number of carbonyl (C=O) groups excluding carboxylic acids is 1. The quantitative estimate of drug-likeness (QED) is 0.880. The number of anilines is 1. The van der Waals surface area contributed by atoms with Crippen molar-refractivity contribution < 1.29 is 14.7 Å². The summed E-state index contributed by atoms with van der Waals surface area (Å²) in [4.78, 5) is 24.7. The van der Waals surface area contributed by atoms with Crippen LogP contribution in [0.3, 0.4) is 0 Å². The van der Waals surface area contributed by atoms with Crippen molar-refractivity contribution in [2.24, 2.45) is 5.41 Å². The molecule has 0 fully saturated rings. The molecular weight excluding hydrogens is 244 g/mol. The molecule has 1 aromatic carbocycles. The highest BCUT2D eigenvalue weighted by Gasteiger charge is 2.33. The molecule has 0 aromatic heterocycles. The van der Waals surface area contributed by atoms with Gasteiger partial charge in [0.15, 0.2) is 0 Å². The van der Waals surface area contributed by atoms with E-state index in [9.17, 15) is 14.7 Å². The summed E-state index contributed by atoms with van der Waals surface area (Å²) in [6, 6.07) is 7.68. The van der Waals surface area contributed by atoms with Crippen LogP contribution in [0.4, 0.5) is 10.5 Å². The van der Waals surface area contributed by atoms with Crippen molar-refractivity contribution in [1.82, 2.24) is 5.32 Å². The Balaban J connectivity index is 2.81. The number of aliphatic carboxylic acids is 1. The van der Waals surface area contributed by atoms with Crippen LogP contribution in [0.5, 0.6) is 0 Å². The minimum absolute atomic E-state index is 0.437. The first-order valence-electron chi connectivity index (χ1n) is 6.05. The Morgan fingerprint density at radius 1 is 1.21 bits per heavy atom. The summed E-state index contributed by atoms with van der Waals surface area (Å²) in [5, 5.41) is 11.7. The van der Waals surface area contributed by atoms with Crippen molar-refractivity contribution in [2.45, 2.75) is 26.8 Å². The number of hydrogen-bond donors (Lipinski definition) is 2. The third-order valence-corrected chi connectivity index (χ3v) is 2.83. The number of rotatable bonds is 3. The largest absolute Gasteiger partial charge is 0.480 e. The van der Waals surface area contributed by atoms with Gasteiger partial charge >= 0.3 is 12.0 Å². The highest BCUT2D eigenvalue weighted by molar-refractivity contribution is 5.94. The molecule has 1 atom stereocenters. The van der Waals surface area contributed by atoms with Crippen LogP contribution in [0.2, 0.25) is 0 Å². The maximum atomic E-state index is 12.1. The first-order valence-corrected chi connectivity index (χ1v) is 6.05. The van der Waals surface area contributed by atoms with Crippen LogP contribution in [0, 0.1) is 5.41 Å². The van der Waals surface area contributed by atoms with Crippen LogP contribution in [0.15, 0.2) is 30.3 Å². The van der Waals surface area contributed by atoms with Crippen LogP contribution in [-0.2, 0) is 4.79 Å². The van der Waals surface area contributed by atoms with Crippen molar-refractivity contribution in [1.29, 1.82) is 0 Å².